The number of carbonyl (C=O) groups is 4. The maximum absolute atomic E-state index is 11.8. The summed E-state index contributed by atoms with van der Waals surface area (Å²) in [7, 11) is 3.31. The molecule has 2 heterocycles. The van der Waals surface area contributed by atoms with E-state index < -0.39 is 0 Å². The molecule has 1 N–H and O–H groups in total. The minimum absolute atomic E-state index is 0.0919. The monoisotopic (exact) mass is 504 g/mol. The first-order valence-electron chi connectivity index (χ1n) is 11.5. The van der Waals surface area contributed by atoms with Crippen LogP contribution in [-0.2, 0) is 19.2 Å². The summed E-state index contributed by atoms with van der Waals surface area (Å²) >= 11 is 1.35. The summed E-state index contributed by atoms with van der Waals surface area (Å²) in [6.45, 7) is 13.4. The van der Waals surface area contributed by atoms with Gasteiger partial charge in [0.15, 0.2) is 0 Å². The molecule has 3 rings (SSSR count). The van der Waals surface area contributed by atoms with Gasteiger partial charge in [0.25, 0.3) is 5.91 Å². The summed E-state index contributed by atoms with van der Waals surface area (Å²) in [5.74, 6) is 0.218. The summed E-state index contributed by atoms with van der Waals surface area (Å²) in [6.07, 6.45) is 6.28. The van der Waals surface area contributed by atoms with Gasteiger partial charge in [-0.25, -0.2) is 0 Å². The fraction of sp³-hybridized carbons (Fsp3) is 0.462. The molecule has 0 aliphatic carbocycles. The van der Waals surface area contributed by atoms with Crippen molar-refractivity contribution < 1.29 is 19.2 Å². The molecule has 4 amide bonds. The van der Waals surface area contributed by atoms with Gasteiger partial charge in [0.1, 0.15) is 0 Å². The number of benzene rings is 1. The third-order valence-corrected chi connectivity index (χ3v) is 6.20. The van der Waals surface area contributed by atoms with Crippen LogP contribution in [0.3, 0.4) is 0 Å². The highest BCUT2D eigenvalue weighted by atomic mass is 32.2. The fourth-order valence-electron chi connectivity index (χ4n) is 3.53. The standard InChI is InChI=1S/C11H18N2O2.C8H9NO.C5H9NOS.C2H4/c1-9(14)12-7-4-10-3-2-6-13(10)11(15)5-8-12;1-9(7-10)8-5-3-2-4-6-8;1-4(8-3)5(7)6-2;1-2/h10H,2-8H2,1H3;2-7H,1H3;1H2,2-3H3,(H,6,7);1-2H2. The average molecular weight is 505 g/mol. The molecule has 194 valence electrons. The Hall–Kier alpha value is -3.07. The van der Waals surface area contributed by atoms with Crippen LogP contribution in [-0.4, -0.2) is 80.0 Å². The zero-order valence-corrected chi connectivity index (χ0v) is 22.3. The molecule has 2 fully saturated rings. The summed E-state index contributed by atoms with van der Waals surface area (Å²) in [4.78, 5) is 49.7. The van der Waals surface area contributed by atoms with E-state index in [1.54, 1.807) is 25.9 Å². The Bertz CT molecular complexity index is 805. The molecule has 35 heavy (non-hydrogen) atoms. The maximum atomic E-state index is 11.8. The third-order valence-electron chi connectivity index (χ3n) is 5.52. The van der Waals surface area contributed by atoms with E-state index in [4.69, 9.17) is 0 Å². The smallest absolute Gasteiger partial charge is 0.256 e. The Morgan fingerprint density at radius 1 is 1.14 bits per heavy atom. The van der Waals surface area contributed by atoms with Crippen LogP contribution >= 0.6 is 11.8 Å². The van der Waals surface area contributed by atoms with Crippen molar-refractivity contribution in [2.24, 2.45) is 0 Å². The number of likely N-dealkylation sites (N-methyl/N-ethyl adjacent to an activating group) is 1. The van der Waals surface area contributed by atoms with E-state index in [1.165, 1.54) is 16.7 Å². The highest BCUT2D eigenvalue weighted by Gasteiger charge is 2.31. The fourth-order valence-corrected chi connectivity index (χ4v) is 3.81. The van der Waals surface area contributed by atoms with Gasteiger partial charge in [0.05, 0.1) is 4.91 Å². The van der Waals surface area contributed by atoms with Crippen molar-refractivity contribution in [3.05, 3.63) is 55.0 Å². The lowest BCUT2D eigenvalue weighted by Crippen LogP contribution is -2.44. The number of thioether (sulfide) groups is 1. The van der Waals surface area contributed by atoms with Crippen LogP contribution in [0, 0.1) is 0 Å². The maximum Gasteiger partial charge on any atom is 0.256 e. The van der Waals surface area contributed by atoms with Crippen LogP contribution in [0.1, 0.15) is 32.6 Å². The second-order valence-corrected chi connectivity index (χ2v) is 8.59. The van der Waals surface area contributed by atoms with Crippen molar-refractivity contribution in [2.45, 2.75) is 38.6 Å². The second-order valence-electron chi connectivity index (χ2n) is 7.69. The van der Waals surface area contributed by atoms with Gasteiger partial charge in [-0.15, -0.1) is 24.9 Å². The molecule has 2 saturated heterocycles. The van der Waals surface area contributed by atoms with Gasteiger partial charge < -0.3 is 20.0 Å². The van der Waals surface area contributed by atoms with Crippen LogP contribution in [0.15, 0.2) is 55.0 Å². The van der Waals surface area contributed by atoms with Gasteiger partial charge in [0.2, 0.25) is 18.2 Å². The van der Waals surface area contributed by atoms with Crippen molar-refractivity contribution in [1.29, 1.82) is 0 Å². The molecule has 1 unspecified atom stereocenters. The number of hydrogen-bond acceptors (Lipinski definition) is 5. The van der Waals surface area contributed by atoms with E-state index in [2.05, 4.69) is 25.1 Å². The largest absolute Gasteiger partial charge is 0.355 e. The Balaban J connectivity index is 0.000000506. The number of para-hydroxylation sites is 1. The molecule has 0 bridgehead atoms. The Morgan fingerprint density at radius 2 is 1.77 bits per heavy atom. The summed E-state index contributed by atoms with van der Waals surface area (Å²) < 4.78 is 0. The predicted octanol–water partition coefficient (Wildman–Crippen LogP) is 3.31. The zero-order valence-electron chi connectivity index (χ0n) is 21.5. The van der Waals surface area contributed by atoms with Gasteiger partial charge in [-0.3, -0.25) is 19.2 Å². The summed E-state index contributed by atoms with van der Waals surface area (Å²) in [5.41, 5.74) is 0.914. The molecule has 1 atom stereocenters. The van der Waals surface area contributed by atoms with Crippen molar-refractivity contribution in [1.82, 2.24) is 15.1 Å². The van der Waals surface area contributed by atoms with Gasteiger partial charge in [0, 0.05) is 58.8 Å². The van der Waals surface area contributed by atoms with E-state index in [0.717, 1.165) is 44.4 Å². The van der Waals surface area contributed by atoms with Gasteiger partial charge in [-0.05, 0) is 37.7 Å². The van der Waals surface area contributed by atoms with Crippen molar-refractivity contribution in [2.75, 3.05) is 44.9 Å². The number of hydrogen-bond donors (Lipinski definition) is 1. The van der Waals surface area contributed by atoms with E-state index in [9.17, 15) is 19.2 Å². The van der Waals surface area contributed by atoms with Crippen LogP contribution in [0.4, 0.5) is 5.69 Å². The predicted molar refractivity (Wildman–Crippen MR) is 145 cm³/mol. The minimum atomic E-state index is -0.0995. The number of nitrogens with one attached hydrogen (secondary N) is 1. The third kappa shape index (κ3) is 11.8. The topological polar surface area (TPSA) is 90.0 Å². The lowest BCUT2D eigenvalue weighted by molar-refractivity contribution is -0.136. The van der Waals surface area contributed by atoms with Gasteiger partial charge >= 0.3 is 0 Å². The van der Waals surface area contributed by atoms with Crippen LogP contribution in [0.2, 0.25) is 0 Å². The Labute approximate surface area is 214 Å². The van der Waals surface area contributed by atoms with E-state index in [0.29, 0.717) is 23.9 Å². The molecule has 1 aromatic carbocycles. The highest BCUT2D eigenvalue weighted by molar-refractivity contribution is 8.03. The zero-order chi connectivity index (χ0) is 26.8. The number of carbonyl (C=O) groups excluding carboxylic acids is 4. The summed E-state index contributed by atoms with van der Waals surface area (Å²) in [5, 5.41) is 2.46. The Morgan fingerprint density at radius 3 is 2.26 bits per heavy atom. The molecule has 0 aromatic heterocycles. The number of anilines is 1. The molecule has 0 radical (unpaired) electrons. The first-order chi connectivity index (χ1) is 16.7. The molecular weight excluding hydrogens is 464 g/mol. The van der Waals surface area contributed by atoms with E-state index in [1.807, 2.05) is 41.5 Å². The normalized spacial score (nSPS) is 16.2. The van der Waals surface area contributed by atoms with Crippen molar-refractivity contribution in [3.8, 4) is 0 Å². The number of amides is 4. The summed E-state index contributed by atoms with van der Waals surface area (Å²) in [6, 6.07) is 9.87. The Kier molecular flexibility index (Phi) is 16.7. The first kappa shape index (κ1) is 31.9. The molecule has 9 heteroatoms. The number of rotatable bonds is 4. The van der Waals surface area contributed by atoms with E-state index in [-0.39, 0.29) is 17.7 Å². The van der Waals surface area contributed by atoms with Crippen LogP contribution in [0.25, 0.3) is 0 Å². The van der Waals surface area contributed by atoms with Gasteiger partial charge in [-0.2, -0.15) is 0 Å². The molecule has 8 nitrogen and oxygen atoms in total. The SMILES string of the molecule is C=C.C=C(SC)C(=O)NC.CC(=O)N1CCC(=O)N2CCCC2CC1.CN(C=O)c1ccccc1. The number of nitrogens with zero attached hydrogens (tertiary/aromatic N) is 3. The van der Waals surface area contributed by atoms with Crippen molar-refractivity contribution in [3.63, 3.8) is 0 Å². The van der Waals surface area contributed by atoms with Crippen LogP contribution in [0.5, 0.6) is 0 Å². The average Bonchev–Trinajstić information content (AvgIpc) is 3.36. The number of fused-ring (bicyclic) bond motifs is 1. The highest BCUT2D eigenvalue weighted by Crippen LogP contribution is 2.23. The lowest BCUT2D eigenvalue weighted by atomic mass is 10.1. The minimum Gasteiger partial charge on any atom is -0.355 e. The molecule has 2 aliphatic heterocycles. The van der Waals surface area contributed by atoms with E-state index >= 15 is 0 Å². The van der Waals surface area contributed by atoms with Gasteiger partial charge in [-0.1, -0.05) is 24.8 Å². The molecule has 0 spiro atoms. The molecule has 2 aliphatic rings. The molecule has 1 aromatic rings. The molecule has 0 saturated carbocycles. The quantitative estimate of drug-likeness (QED) is 0.386. The van der Waals surface area contributed by atoms with Crippen LogP contribution < -0.4 is 10.2 Å². The first-order valence-corrected chi connectivity index (χ1v) is 12.7. The van der Waals surface area contributed by atoms with Crippen molar-refractivity contribution >= 4 is 41.6 Å². The molecular formula is C26H40N4O4S. The lowest BCUT2D eigenvalue weighted by Gasteiger charge is -2.31. The second kappa shape index (κ2) is 18.3.